The van der Waals surface area contributed by atoms with Crippen LogP contribution in [-0.4, -0.2) is 54.1 Å². The number of halogens is 1. The van der Waals surface area contributed by atoms with Crippen molar-refractivity contribution in [1.82, 2.24) is 4.72 Å². The fraction of sp³-hybridized carbons (Fsp3) is 0.556. The zero-order valence-electron chi connectivity index (χ0n) is 25.9. The van der Waals surface area contributed by atoms with Gasteiger partial charge in [0.1, 0.15) is 5.75 Å². The van der Waals surface area contributed by atoms with E-state index < -0.39 is 9.71 Å². The number of carbonyl (C=O) groups is 1. The quantitative estimate of drug-likeness (QED) is 0.298. The number of fused-ring (bicyclic) bond motifs is 4. The highest BCUT2D eigenvalue weighted by Crippen LogP contribution is 2.47. The third kappa shape index (κ3) is 5.58. The van der Waals surface area contributed by atoms with E-state index in [0.717, 1.165) is 80.9 Å². The molecule has 1 N–H and O–H groups in total. The van der Waals surface area contributed by atoms with E-state index in [4.69, 9.17) is 21.1 Å². The Labute approximate surface area is 267 Å². The van der Waals surface area contributed by atoms with Crippen LogP contribution in [0, 0.1) is 23.7 Å². The summed E-state index contributed by atoms with van der Waals surface area (Å²) >= 11 is 6.44. The Morgan fingerprint density at radius 1 is 1.14 bits per heavy atom. The number of amides is 1. The van der Waals surface area contributed by atoms with Crippen molar-refractivity contribution >= 4 is 38.8 Å². The first-order valence-corrected chi connectivity index (χ1v) is 18.5. The average molecular weight is 637 g/mol. The van der Waals surface area contributed by atoms with Crippen molar-refractivity contribution in [2.24, 2.45) is 23.7 Å². The zero-order chi connectivity index (χ0) is 30.6. The van der Waals surface area contributed by atoms with Crippen molar-refractivity contribution < 1.29 is 18.5 Å². The highest BCUT2D eigenvalue weighted by Gasteiger charge is 2.45. The lowest BCUT2D eigenvalue weighted by atomic mass is 9.68. The molecule has 1 spiro atoms. The number of methoxy groups -OCH3 is 1. The van der Waals surface area contributed by atoms with Crippen LogP contribution in [-0.2, 0) is 26.3 Å². The van der Waals surface area contributed by atoms with Crippen LogP contribution in [0.25, 0.3) is 0 Å². The van der Waals surface area contributed by atoms with Crippen LogP contribution in [0.4, 0.5) is 5.69 Å². The van der Waals surface area contributed by atoms with Crippen LogP contribution in [0.5, 0.6) is 5.75 Å². The molecule has 2 aromatic rings. The van der Waals surface area contributed by atoms with Gasteiger partial charge in [-0.25, -0.2) is 4.21 Å². The Kier molecular flexibility index (Phi) is 8.03. The summed E-state index contributed by atoms with van der Waals surface area (Å²) in [5, 5.41) is 0.609. The number of nitrogens with zero attached hydrogens (tertiary/aromatic N) is 1. The second kappa shape index (κ2) is 11.7. The molecule has 0 aromatic heterocycles. The summed E-state index contributed by atoms with van der Waals surface area (Å²) in [6, 6.07) is 12.0. The molecule has 2 aromatic carbocycles. The molecular formula is C36H45ClN2O4S. The minimum atomic E-state index is -2.88. The second-order valence-corrected chi connectivity index (χ2v) is 16.7. The standard InChI is InChI=1S/C36H45ClN2O4S/c1-23-6-4-8-32(42-2)29-14-11-27(29)20-39-21-36(17-5-7-25-18-28(37)13-15-30(25)36)22-43-33-16-12-26(19-31(33)39)35(40)38-44(3,41)34(23)24-9-10-24/h4,8,12-13,15-16,18-19,23-24,27,29,32,34H,3,5-7,9-11,14,17,20-22H2,1-2H3,(H,38,40,41)/b8-4+/t23-,27+,29-,32+,34+,36+,44?/m1/s1. The number of rotatable bonds is 2. The first-order valence-electron chi connectivity index (χ1n) is 16.4. The van der Waals surface area contributed by atoms with Gasteiger partial charge in [-0.05, 0) is 122 Å². The minimum absolute atomic E-state index is 0.0394. The maximum atomic E-state index is 14.1. The van der Waals surface area contributed by atoms with Gasteiger partial charge in [-0.2, -0.15) is 0 Å². The molecule has 3 aliphatic carbocycles. The zero-order valence-corrected chi connectivity index (χ0v) is 27.5. The van der Waals surface area contributed by atoms with Gasteiger partial charge < -0.3 is 14.4 Å². The van der Waals surface area contributed by atoms with Gasteiger partial charge in [-0.1, -0.05) is 36.7 Å². The molecule has 44 heavy (non-hydrogen) atoms. The fourth-order valence-electron chi connectivity index (χ4n) is 8.61. The van der Waals surface area contributed by atoms with Crippen molar-refractivity contribution in [3.05, 3.63) is 70.3 Å². The molecule has 2 bridgehead atoms. The lowest BCUT2D eigenvalue weighted by Gasteiger charge is -2.46. The first kappa shape index (κ1) is 30.2. The van der Waals surface area contributed by atoms with Crippen LogP contribution in [0.2, 0.25) is 5.02 Å². The van der Waals surface area contributed by atoms with Crippen LogP contribution in [0.3, 0.4) is 0 Å². The van der Waals surface area contributed by atoms with E-state index in [-0.39, 0.29) is 28.6 Å². The number of benzene rings is 2. The smallest absolute Gasteiger partial charge is 0.262 e. The number of carbonyl (C=O) groups excluding carboxylic acids is 1. The van der Waals surface area contributed by atoms with E-state index in [1.165, 1.54) is 11.1 Å². The SMILES string of the molecule is C=S1(=O)NC(=O)c2ccc3c(c2)N(C[C@@H]2CC[C@H]2[C@@H](OC)/C=C/C[C@@H](C)[C@H]1C1CC1)C[C@@]1(CCCc2cc(Cl)ccc21)CO3. The van der Waals surface area contributed by atoms with Crippen LogP contribution in [0.15, 0.2) is 48.6 Å². The Morgan fingerprint density at radius 3 is 2.70 bits per heavy atom. The maximum absolute atomic E-state index is 14.1. The maximum Gasteiger partial charge on any atom is 0.262 e. The Bertz CT molecular complexity index is 1570. The molecule has 2 fully saturated rings. The highest BCUT2D eigenvalue weighted by atomic mass is 35.5. The van der Waals surface area contributed by atoms with Gasteiger partial charge in [0, 0.05) is 36.2 Å². The van der Waals surface area contributed by atoms with Gasteiger partial charge in [0.2, 0.25) is 0 Å². The van der Waals surface area contributed by atoms with Crippen molar-refractivity contribution in [1.29, 1.82) is 0 Å². The molecule has 0 saturated heterocycles. The average Bonchev–Trinajstić information content (AvgIpc) is 3.82. The lowest BCUT2D eigenvalue weighted by molar-refractivity contribution is 0.0131. The molecule has 0 radical (unpaired) electrons. The number of allylic oxidation sites excluding steroid dienone is 1. The predicted molar refractivity (Wildman–Crippen MR) is 179 cm³/mol. The number of hydrogen-bond acceptors (Lipinski definition) is 5. The van der Waals surface area contributed by atoms with E-state index in [9.17, 15) is 9.00 Å². The summed E-state index contributed by atoms with van der Waals surface area (Å²) in [5.74, 6) is 5.95. The lowest BCUT2D eigenvalue weighted by Crippen LogP contribution is -2.49. The third-order valence-electron chi connectivity index (χ3n) is 11.1. The highest BCUT2D eigenvalue weighted by molar-refractivity contribution is 7.99. The molecule has 6 nitrogen and oxygen atoms in total. The monoisotopic (exact) mass is 636 g/mol. The molecule has 2 heterocycles. The fourth-order valence-corrected chi connectivity index (χ4v) is 11.1. The van der Waals surface area contributed by atoms with Gasteiger partial charge in [0.05, 0.1) is 33.4 Å². The van der Waals surface area contributed by atoms with E-state index in [1.807, 2.05) is 31.4 Å². The predicted octanol–water partition coefficient (Wildman–Crippen LogP) is 6.59. The summed E-state index contributed by atoms with van der Waals surface area (Å²) in [4.78, 5) is 16.2. The molecule has 236 valence electrons. The topological polar surface area (TPSA) is 67.9 Å². The Morgan fingerprint density at radius 2 is 1.95 bits per heavy atom. The molecule has 8 heteroatoms. The number of aryl methyl sites for hydroxylation is 1. The summed E-state index contributed by atoms with van der Waals surface area (Å²) in [5.41, 5.74) is 3.87. The van der Waals surface area contributed by atoms with Crippen molar-refractivity contribution in [3.63, 3.8) is 0 Å². The summed E-state index contributed by atoms with van der Waals surface area (Å²) in [6.07, 6.45) is 12.7. The normalized spacial score (nSPS) is 36.2. The molecule has 1 unspecified atom stereocenters. The van der Waals surface area contributed by atoms with E-state index >= 15 is 0 Å². The second-order valence-electron chi connectivity index (χ2n) is 14.1. The summed E-state index contributed by atoms with van der Waals surface area (Å²) < 4.78 is 29.8. The minimum Gasteiger partial charge on any atom is -0.490 e. The van der Waals surface area contributed by atoms with Crippen LogP contribution in [0.1, 0.15) is 73.4 Å². The number of hydrogen-bond donors (Lipinski definition) is 1. The molecule has 1 amide bonds. The van der Waals surface area contributed by atoms with E-state index in [1.54, 1.807) is 0 Å². The number of nitrogens with one attached hydrogen (secondary N) is 1. The largest absolute Gasteiger partial charge is 0.490 e. The molecular weight excluding hydrogens is 592 g/mol. The van der Waals surface area contributed by atoms with Gasteiger partial charge >= 0.3 is 0 Å². The van der Waals surface area contributed by atoms with Crippen molar-refractivity contribution in [2.45, 2.75) is 75.1 Å². The van der Waals surface area contributed by atoms with Gasteiger partial charge in [0.15, 0.2) is 0 Å². The van der Waals surface area contributed by atoms with Crippen LogP contribution >= 0.6 is 11.6 Å². The van der Waals surface area contributed by atoms with Gasteiger partial charge in [0.25, 0.3) is 5.91 Å². The summed E-state index contributed by atoms with van der Waals surface area (Å²) in [7, 11) is -1.07. The van der Waals surface area contributed by atoms with Crippen molar-refractivity contribution in [3.8, 4) is 5.75 Å². The summed E-state index contributed by atoms with van der Waals surface area (Å²) in [6.45, 7) is 4.37. The molecule has 7 atom stereocenters. The number of anilines is 1. The molecule has 2 saturated carbocycles. The van der Waals surface area contributed by atoms with Gasteiger partial charge in [-0.3, -0.25) is 9.52 Å². The van der Waals surface area contributed by atoms with Crippen molar-refractivity contribution in [2.75, 3.05) is 31.7 Å². The first-order chi connectivity index (χ1) is 21.2. The third-order valence-corrected chi connectivity index (χ3v) is 13.6. The van der Waals surface area contributed by atoms with E-state index in [2.05, 4.69) is 46.7 Å². The molecule has 5 aliphatic rings. The Hall–Kier alpha value is -2.48. The van der Waals surface area contributed by atoms with Crippen LogP contribution < -0.4 is 14.4 Å². The van der Waals surface area contributed by atoms with E-state index in [0.29, 0.717) is 29.9 Å². The Balaban J connectivity index is 1.30. The number of ether oxygens (including phenoxy) is 2. The molecule has 2 aliphatic heterocycles. The molecule has 7 rings (SSSR count). The van der Waals surface area contributed by atoms with Gasteiger partial charge in [-0.15, -0.1) is 0 Å².